The van der Waals surface area contributed by atoms with Crippen LogP contribution in [0.5, 0.6) is 0 Å². The van der Waals surface area contributed by atoms with Crippen LogP contribution in [0.15, 0.2) is 29.2 Å². The number of aliphatic carboxylic acids is 1. The second-order valence-corrected chi connectivity index (χ2v) is 8.02. The lowest BCUT2D eigenvalue weighted by molar-refractivity contribution is -0.387. The molecule has 2 N–H and O–H groups in total. The molecule has 168 valence electrons. The molecule has 0 bridgehead atoms. The van der Waals surface area contributed by atoms with Crippen molar-refractivity contribution in [2.45, 2.75) is 24.8 Å². The first-order valence-electron chi connectivity index (χ1n) is 8.46. The lowest BCUT2D eigenvalue weighted by Gasteiger charge is -2.11. The van der Waals surface area contributed by atoms with Gasteiger partial charge in [0, 0.05) is 17.9 Å². The fraction of sp³-hybridized carbons (Fsp3) is 0.278. The molecule has 0 radical (unpaired) electrons. The zero-order valence-corrected chi connectivity index (χ0v) is 18.8. The molecule has 0 fully saturated rings. The van der Waals surface area contributed by atoms with Gasteiger partial charge < -0.3 is 10.4 Å². The Balaban J connectivity index is 0.000000343. The Bertz CT molecular complexity index is 1010. The Kier molecular flexibility index (Phi) is 10.1. The van der Waals surface area contributed by atoms with Gasteiger partial charge >= 0.3 is 11.7 Å². The van der Waals surface area contributed by atoms with Gasteiger partial charge in [-0.15, -0.1) is 11.8 Å². The molecule has 2 aromatic carbocycles. The average Bonchev–Trinajstić information content (AvgIpc) is 2.66. The van der Waals surface area contributed by atoms with Crippen molar-refractivity contribution >= 4 is 52.3 Å². The van der Waals surface area contributed by atoms with Gasteiger partial charge in [-0.05, 0) is 44.2 Å². The van der Waals surface area contributed by atoms with E-state index in [2.05, 4.69) is 5.32 Å². The average molecular weight is 494 g/mol. The molecule has 0 saturated heterocycles. The molecule has 1 atom stereocenters. The summed E-state index contributed by atoms with van der Waals surface area (Å²) in [6, 6.07) is 4.72. The third-order valence-corrected chi connectivity index (χ3v) is 5.66. The van der Waals surface area contributed by atoms with Crippen molar-refractivity contribution < 1.29 is 24.1 Å². The maximum Gasteiger partial charge on any atom is 0.321 e. The Morgan fingerprint density at radius 1 is 1.10 bits per heavy atom. The van der Waals surface area contributed by atoms with Crippen LogP contribution in [-0.2, 0) is 4.79 Å². The van der Waals surface area contributed by atoms with Crippen LogP contribution in [0.4, 0.5) is 15.8 Å². The number of thioether (sulfide) groups is 1. The van der Waals surface area contributed by atoms with E-state index in [-0.39, 0.29) is 21.5 Å². The van der Waals surface area contributed by atoms with Gasteiger partial charge in [-0.3, -0.25) is 25.0 Å². The lowest BCUT2D eigenvalue weighted by atomic mass is 10.2. The van der Waals surface area contributed by atoms with Crippen LogP contribution in [0.2, 0.25) is 10.0 Å². The zero-order valence-electron chi connectivity index (χ0n) is 16.5. The van der Waals surface area contributed by atoms with E-state index < -0.39 is 33.4 Å². The van der Waals surface area contributed by atoms with Gasteiger partial charge in [0.1, 0.15) is 10.9 Å². The fourth-order valence-electron chi connectivity index (χ4n) is 2.27. The molecule has 13 heteroatoms. The highest BCUT2D eigenvalue weighted by Crippen LogP contribution is 2.37. The van der Waals surface area contributed by atoms with Crippen molar-refractivity contribution in [2.75, 3.05) is 12.8 Å². The molecular formula is C18H18Cl2FN3O6S. The van der Waals surface area contributed by atoms with Crippen molar-refractivity contribution in [3.8, 4) is 0 Å². The van der Waals surface area contributed by atoms with Crippen molar-refractivity contribution in [3.05, 3.63) is 71.5 Å². The van der Waals surface area contributed by atoms with E-state index in [4.69, 9.17) is 28.3 Å². The Morgan fingerprint density at radius 2 is 1.58 bits per heavy atom. The first-order valence-corrected chi connectivity index (χ1v) is 10.2. The number of nitrogens with one attached hydrogen (secondary N) is 1. The summed E-state index contributed by atoms with van der Waals surface area (Å²) in [5.41, 5.74) is 0.563. The number of nitro benzene ring substituents is 2. The predicted octanol–water partition coefficient (Wildman–Crippen LogP) is 5.02. The van der Waals surface area contributed by atoms with Crippen LogP contribution in [0.1, 0.15) is 11.1 Å². The largest absolute Gasteiger partial charge is 0.480 e. The predicted molar refractivity (Wildman–Crippen MR) is 117 cm³/mol. The van der Waals surface area contributed by atoms with Gasteiger partial charge in [0.2, 0.25) is 5.82 Å². The Hall–Kier alpha value is -2.47. The summed E-state index contributed by atoms with van der Waals surface area (Å²) < 4.78 is 12.9. The number of hydrogen-bond acceptors (Lipinski definition) is 7. The summed E-state index contributed by atoms with van der Waals surface area (Å²) in [5.74, 6) is -1.84. The van der Waals surface area contributed by atoms with Crippen LogP contribution in [0.3, 0.4) is 0 Å². The number of hydrogen-bond donors (Lipinski definition) is 2. The maximum absolute atomic E-state index is 12.9. The van der Waals surface area contributed by atoms with Gasteiger partial charge in [-0.1, -0.05) is 23.2 Å². The summed E-state index contributed by atoms with van der Waals surface area (Å²) in [4.78, 5) is 31.1. The molecule has 0 amide bonds. The quantitative estimate of drug-likeness (QED) is 0.311. The standard InChI is InChI=1S/C11H13ClN2O4S.C7H5ClFNO2/c1-6-3-7(12)10(9(4-6)14(17)18)19-5-8(13-2)11(15)16;1-4-2-5(8)7(9)6(3-4)10(11)12/h3-4,8,13H,5H2,1-2H3,(H,15,16);2-3H,1H3/t8-;/m0./s1. The van der Waals surface area contributed by atoms with E-state index >= 15 is 0 Å². The molecular weight excluding hydrogens is 476 g/mol. The number of likely N-dealkylation sites (N-methyl/N-ethyl adjacent to an activating group) is 1. The first kappa shape index (κ1) is 26.6. The van der Waals surface area contributed by atoms with Crippen LogP contribution in [0, 0.1) is 39.9 Å². The molecule has 2 rings (SSSR count). The van der Waals surface area contributed by atoms with E-state index in [1.807, 2.05) is 0 Å². The number of nitro groups is 2. The van der Waals surface area contributed by atoms with Crippen molar-refractivity contribution in [1.29, 1.82) is 0 Å². The molecule has 0 aromatic heterocycles. The molecule has 0 aliphatic heterocycles. The lowest BCUT2D eigenvalue weighted by Crippen LogP contribution is -2.35. The number of aryl methyl sites for hydroxylation is 2. The van der Waals surface area contributed by atoms with Crippen molar-refractivity contribution in [1.82, 2.24) is 5.32 Å². The van der Waals surface area contributed by atoms with E-state index in [0.717, 1.165) is 17.8 Å². The van der Waals surface area contributed by atoms with Crippen LogP contribution in [0.25, 0.3) is 0 Å². The molecule has 0 aliphatic carbocycles. The van der Waals surface area contributed by atoms with E-state index in [1.165, 1.54) is 19.2 Å². The molecule has 0 heterocycles. The minimum absolute atomic E-state index is 0.102. The zero-order chi connectivity index (χ0) is 23.9. The van der Waals surface area contributed by atoms with Crippen LogP contribution < -0.4 is 5.32 Å². The van der Waals surface area contributed by atoms with Crippen molar-refractivity contribution in [3.63, 3.8) is 0 Å². The number of rotatable bonds is 7. The second kappa shape index (κ2) is 11.8. The summed E-state index contributed by atoms with van der Waals surface area (Å²) in [6.07, 6.45) is 0. The number of halogens is 3. The van der Waals surface area contributed by atoms with Crippen LogP contribution in [-0.4, -0.2) is 39.8 Å². The number of nitrogens with zero attached hydrogens (tertiary/aromatic N) is 2. The summed E-state index contributed by atoms with van der Waals surface area (Å²) in [6.45, 7) is 3.32. The summed E-state index contributed by atoms with van der Waals surface area (Å²) in [5, 5.41) is 32.8. The van der Waals surface area contributed by atoms with E-state index in [0.29, 0.717) is 16.0 Å². The van der Waals surface area contributed by atoms with Gasteiger partial charge in [0.05, 0.1) is 19.9 Å². The highest BCUT2D eigenvalue weighted by molar-refractivity contribution is 7.99. The number of benzene rings is 2. The minimum atomic E-state index is -1.01. The van der Waals surface area contributed by atoms with E-state index in [9.17, 15) is 29.4 Å². The highest BCUT2D eigenvalue weighted by atomic mass is 35.5. The number of carbonyl (C=O) groups is 1. The van der Waals surface area contributed by atoms with Crippen molar-refractivity contribution in [2.24, 2.45) is 0 Å². The van der Waals surface area contributed by atoms with Gasteiger partial charge in [-0.25, -0.2) is 0 Å². The first-order chi connectivity index (χ1) is 14.4. The Morgan fingerprint density at radius 3 is 2.03 bits per heavy atom. The summed E-state index contributed by atoms with van der Waals surface area (Å²) >= 11 is 12.4. The van der Waals surface area contributed by atoms with Gasteiger partial charge in [0.15, 0.2) is 0 Å². The van der Waals surface area contributed by atoms with Crippen LogP contribution >= 0.6 is 35.0 Å². The summed E-state index contributed by atoms with van der Waals surface area (Å²) in [7, 11) is 1.52. The fourth-order valence-corrected chi connectivity index (χ4v) is 4.10. The molecule has 0 unspecified atom stereocenters. The SMILES string of the molecule is CN[C@@H](CSc1c(Cl)cc(C)cc1[N+](=O)[O-])C(=O)O.Cc1cc(Cl)c(F)c([N+](=O)[O-])c1. The monoisotopic (exact) mass is 493 g/mol. The topological polar surface area (TPSA) is 136 Å². The van der Waals surface area contributed by atoms with Gasteiger partial charge in [-0.2, -0.15) is 4.39 Å². The maximum atomic E-state index is 12.9. The second-order valence-electron chi connectivity index (χ2n) is 6.18. The third kappa shape index (κ3) is 7.62. The molecule has 0 saturated carbocycles. The van der Waals surface area contributed by atoms with E-state index in [1.54, 1.807) is 19.9 Å². The molecule has 2 aromatic rings. The number of carboxylic acid groups (broad SMARTS) is 1. The molecule has 0 aliphatic rings. The normalized spacial score (nSPS) is 11.3. The smallest absolute Gasteiger partial charge is 0.321 e. The molecule has 9 nitrogen and oxygen atoms in total. The molecule has 31 heavy (non-hydrogen) atoms. The number of carboxylic acids is 1. The Labute approximate surface area is 190 Å². The molecule has 0 spiro atoms. The minimum Gasteiger partial charge on any atom is -0.480 e. The third-order valence-electron chi connectivity index (χ3n) is 3.76. The highest BCUT2D eigenvalue weighted by Gasteiger charge is 2.22. The van der Waals surface area contributed by atoms with Gasteiger partial charge in [0.25, 0.3) is 5.69 Å².